The van der Waals surface area contributed by atoms with Crippen LogP contribution in [0.15, 0.2) is 66.7 Å². The number of hydrogen-bond acceptors (Lipinski definition) is 5. The molecule has 3 rings (SSSR count). The number of esters is 1. The standard InChI is InChI=1S/C28H30ClNO5/c1-28(2,3)35-27(32)30-17-20-13-23(15-24(29)14-20)21-10-7-8-19(12-21)18-34-25-11-6-5-9-22(25)16-26(31)33-4/h5-15H,16-18H2,1-4H3,(H,30,32). The van der Waals surface area contributed by atoms with Gasteiger partial charge in [-0.05, 0) is 73.4 Å². The summed E-state index contributed by atoms with van der Waals surface area (Å²) in [4.78, 5) is 23.7. The summed E-state index contributed by atoms with van der Waals surface area (Å²) in [6, 6.07) is 21.0. The Hall–Kier alpha value is -3.51. The molecule has 0 saturated heterocycles. The Kier molecular flexibility index (Phi) is 8.77. The quantitative estimate of drug-likeness (QED) is 0.370. The Morgan fingerprint density at radius 3 is 2.40 bits per heavy atom. The van der Waals surface area contributed by atoms with Crippen LogP contribution in [0, 0.1) is 0 Å². The van der Waals surface area contributed by atoms with Gasteiger partial charge in [-0.2, -0.15) is 0 Å². The van der Waals surface area contributed by atoms with Crippen molar-refractivity contribution in [2.24, 2.45) is 0 Å². The van der Waals surface area contributed by atoms with E-state index in [1.165, 1.54) is 7.11 Å². The Bertz CT molecular complexity index is 1190. The van der Waals surface area contributed by atoms with Crippen LogP contribution in [0.25, 0.3) is 11.1 Å². The van der Waals surface area contributed by atoms with Gasteiger partial charge in [0.05, 0.1) is 13.5 Å². The summed E-state index contributed by atoms with van der Waals surface area (Å²) in [5.41, 5.74) is 3.92. The van der Waals surface area contributed by atoms with Crippen LogP contribution in [0.2, 0.25) is 5.02 Å². The number of alkyl carbamates (subject to hydrolysis) is 1. The van der Waals surface area contributed by atoms with Crippen molar-refractivity contribution in [3.05, 3.63) is 88.4 Å². The van der Waals surface area contributed by atoms with Crippen molar-refractivity contribution in [1.29, 1.82) is 0 Å². The van der Waals surface area contributed by atoms with E-state index in [1.807, 2.05) is 87.5 Å². The minimum Gasteiger partial charge on any atom is -0.489 e. The number of para-hydroxylation sites is 1. The van der Waals surface area contributed by atoms with E-state index in [2.05, 4.69) is 5.32 Å². The largest absolute Gasteiger partial charge is 0.489 e. The number of nitrogens with one attached hydrogen (secondary N) is 1. The second-order valence-corrected chi connectivity index (χ2v) is 9.49. The van der Waals surface area contributed by atoms with Gasteiger partial charge in [0.25, 0.3) is 0 Å². The SMILES string of the molecule is COC(=O)Cc1ccccc1OCc1cccc(-c2cc(Cl)cc(CNC(=O)OC(C)(C)C)c2)c1. The van der Waals surface area contributed by atoms with Crippen LogP contribution in [0.4, 0.5) is 4.79 Å². The summed E-state index contributed by atoms with van der Waals surface area (Å²) < 4.78 is 16.1. The lowest BCUT2D eigenvalue weighted by atomic mass is 10.0. The summed E-state index contributed by atoms with van der Waals surface area (Å²) in [6.45, 7) is 6.08. The minimum atomic E-state index is -0.564. The Labute approximate surface area is 211 Å². The van der Waals surface area contributed by atoms with E-state index in [9.17, 15) is 9.59 Å². The third-order valence-corrected chi connectivity index (χ3v) is 5.20. The molecule has 0 unspecified atom stereocenters. The molecule has 0 radical (unpaired) electrons. The smallest absolute Gasteiger partial charge is 0.407 e. The minimum absolute atomic E-state index is 0.148. The molecule has 0 fully saturated rings. The summed E-state index contributed by atoms with van der Waals surface area (Å²) in [7, 11) is 1.37. The van der Waals surface area contributed by atoms with Crippen LogP contribution in [0.5, 0.6) is 5.75 Å². The molecule has 1 amide bonds. The Morgan fingerprint density at radius 1 is 0.914 bits per heavy atom. The average molecular weight is 496 g/mol. The molecule has 7 heteroatoms. The van der Waals surface area contributed by atoms with Gasteiger partial charge in [0.2, 0.25) is 0 Å². The van der Waals surface area contributed by atoms with Crippen molar-refractivity contribution in [3.8, 4) is 16.9 Å². The van der Waals surface area contributed by atoms with Gasteiger partial charge in [-0.25, -0.2) is 4.79 Å². The van der Waals surface area contributed by atoms with Crippen molar-refractivity contribution in [2.75, 3.05) is 7.11 Å². The maximum atomic E-state index is 12.0. The van der Waals surface area contributed by atoms with E-state index in [1.54, 1.807) is 0 Å². The molecular weight excluding hydrogens is 466 g/mol. The summed E-state index contributed by atoms with van der Waals surface area (Å²) in [6.07, 6.45) is -0.333. The molecule has 0 bridgehead atoms. The molecule has 0 atom stereocenters. The van der Waals surface area contributed by atoms with E-state index < -0.39 is 11.7 Å². The first-order valence-electron chi connectivity index (χ1n) is 11.3. The van der Waals surface area contributed by atoms with Gasteiger partial charge in [-0.15, -0.1) is 0 Å². The lowest BCUT2D eigenvalue weighted by Crippen LogP contribution is -2.32. The van der Waals surface area contributed by atoms with Gasteiger partial charge < -0.3 is 19.5 Å². The van der Waals surface area contributed by atoms with Crippen molar-refractivity contribution in [2.45, 2.75) is 45.9 Å². The molecule has 0 aliphatic heterocycles. The number of halogens is 1. The third kappa shape index (κ3) is 8.34. The molecule has 1 N–H and O–H groups in total. The van der Waals surface area contributed by atoms with Gasteiger partial charge >= 0.3 is 12.1 Å². The summed E-state index contributed by atoms with van der Waals surface area (Å²) in [5, 5.41) is 3.33. The first kappa shape index (κ1) is 26.1. The first-order chi connectivity index (χ1) is 16.6. The van der Waals surface area contributed by atoms with E-state index in [0.717, 1.165) is 27.8 Å². The van der Waals surface area contributed by atoms with Crippen LogP contribution in [-0.2, 0) is 33.8 Å². The van der Waals surface area contributed by atoms with Gasteiger partial charge in [0.15, 0.2) is 0 Å². The molecule has 184 valence electrons. The third-order valence-electron chi connectivity index (χ3n) is 4.98. The molecule has 0 saturated carbocycles. The Balaban J connectivity index is 1.71. The van der Waals surface area contributed by atoms with Gasteiger partial charge in [0.1, 0.15) is 18.0 Å². The highest BCUT2D eigenvalue weighted by Gasteiger charge is 2.16. The second kappa shape index (κ2) is 11.8. The van der Waals surface area contributed by atoms with Crippen molar-refractivity contribution >= 4 is 23.7 Å². The summed E-state index contributed by atoms with van der Waals surface area (Å²) in [5.74, 6) is 0.322. The topological polar surface area (TPSA) is 73.9 Å². The van der Waals surface area contributed by atoms with Gasteiger partial charge in [-0.1, -0.05) is 48.0 Å². The highest BCUT2D eigenvalue weighted by Crippen LogP contribution is 2.27. The van der Waals surface area contributed by atoms with E-state index in [4.69, 9.17) is 25.8 Å². The molecule has 0 aliphatic rings. The van der Waals surface area contributed by atoms with E-state index in [-0.39, 0.29) is 12.4 Å². The van der Waals surface area contributed by atoms with Crippen molar-refractivity contribution in [1.82, 2.24) is 5.32 Å². The Morgan fingerprint density at radius 2 is 1.66 bits per heavy atom. The summed E-state index contributed by atoms with van der Waals surface area (Å²) >= 11 is 6.37. The fourth-order valence-electron chi connectivity index (χ4n) is 3.43. The molecule has 35 heavy (non-hydrogen) atoms. The molecular formula is C28H30ClNO5. The van der Waals surface area contributed by atoms with Crippen LogP contribution < -0.4 is 10.1 Å². The molecule has 3 aromatic rings. The van der Waals surface area contributed by atoms with E-state index >= 15 is 0 Å². The normalized spacial score (nSPS) is 11.0. The maximum absolute atomic E-state index is 12.0. The number of carbonyl (C=O) groups is 2. The van der Waals surface area contributed by atoms with Crippen LogP contribution in [0.1, 0.15) is 37.5 Å². The number of amides is 1. The zero-order valence-electron chi connectivity index (χ0n) is 20.4. The lowest BCUT2D eigenvalue weighted by Gasteiger charge is -2.19. The number of methoxy groups -OCH3 is 1. The van der Waals surface area contributed by atoms with E-state index in [0.29, 0.717) is 23.9 Å². The molecule has 0 aromatic heterocycles. The number of hydrogen-bond donors (Lipinski definition) is 1. The molecule has 0 spiro atoms. The van der Waals surface area contributed by atoms with Crippen LogP contribution in [-0.4, -0.2) is 24.8 Å². The average Bonchev–Trinajstić information content (AvgIpc) is 2.81. The van der Waals surface area contributed by atoms with Crippen molar-refractivity contribution < 1.29 is 23.8 Å². The lowest BCUT2D eigenvalue weighted by molar-refractivity contribution is -0.139. The fourth-order valence-corrected chi connectivity index (χ4v) is 3.69. The fraction of sp³-hybridized carbons (Fsp3) is 0.286. The molecule has 6 nitrogen and oxygen atoms in total. The zero-order valence-corrected chi connectivity index (χ0v) is 21.1. The monoisotopic (exact) mass is 495 g/mol. The second-order valence-electron chi connectivity index (χ2n) is 9.05. The number of benzene rings is 3. The van der Waals surface area contributed by atoms with Gasteiger partial charge in [-0.3, -0.25) is 4.79 Å². The first-order valence-corrected chi connectivity index (χ1v) is 11.6. The predicted octanol–water partition coefficient (Wildman–Crippen LogP) is 6.33. The molecule has 0 heterocycles. The number of carbonyl (C=O) groups excluding carboxylic acids is 2. The highest BCUT2D eigenvalue weighted by atomic mass is 35.5. The predicted molar refractivity (Wildman–Crippen MR) is 136 cm³/mol. The van der Waals surface area contributed by atoms with Crippen molar-refractivity contribution in [3.63, 3.8) is 0 Å². The number of rotatable bonds is 8. The molecule has 0 aliphatic carbocycles. The van der Waals surface area contributed by atoms with Crippen LogP contribution >= 0.6 is 11.6 Å². The van der Waals surface area contributed by atoms with Gasteiger partial charge in [0, 0.05) is 17.1 Å². The zero-order chi connectivity index (χ0) is 25.4. The highest BCUT2D eigenvalue weighted by molar-refractivity contribution is 6.31. The van der Waals surface area contributed by atoms with Crippen LogP contribution in [0.3, 0.4) is 0 Å². The number of ether oxygens (including phenoxy) is 3. The molecule has 3 aromatic carbocycles. The maximum Gasteiger partial charge on any atom is 0.407 e.